The highest BCUT2D eigenvalue weighted by molar-refractivity contribution is 5.84. The zero-order chi connectivity index (χ0) is 11.4. The van der Waals surface area contributed by atoms with Gasteiger partial charge in [0.1, 0.15) is 6.04 Å². The third-order valence-electron chi connectivity index (χ3n) is 2.47. The minimum absolute atomic E-state index is 0.125. The first-order valence-electron chi connectivity index (χ1n) is 4.91. The Hall–Kier alpha value is -1.14. The molecule has 2 atom stereocenters. The molecule has 1 aliphatic rings. The normalized spacial score (nSPS) is 25.6. The van der Waals surface area contributed by atoms with Gasteiger partial charge in [-0.25, -0.2) is 4.79 Å². The summed E-state index contributed by atoms with van der Waals surface area (Å²) in [4.78, 5) is 23.6. The van der Waals surface area contributed by atoms with Crippen LogP contribution in [0.2, 0.25) is 0 Å². The number of nitrogens with one attached hydrogen (secondary N) is 1. The molecule has 3 N–H and O–H groups in total. The number of likely N-dealkylation sites (tertiary alicyclic amines) is 1. The first kappa shape index (κ1) is 11.9. The third-order valence-corrected chi connectivity index (χ3v) is 2.47. The minimum Gasteiger partial charge on any atom is -0.480 e. The van der Waals surface area contributed by atoms with E-state index in [1.165, 1.54) is 4.90 Å². The number of carboxylic acids is 1. The van der Waals surface area contributed by atoms with E-state index in [9.17, 15) is 14.7 Å². The zero-order valence-electron chi connectivity index (χ0n) is 8.64. The summed E-state index contributed by atoms with van der Waals surface area (Å²) in [5, 5.41) is 21.0. The molecule has 0 aromatic heterocycles. The van der Waals surface area contributed by atoms with Crippen molar-refractivity contribution in [1.29, 1.82) is 0 Å². The quantitative estimate of drug-likeness (QED) is 0.540. The highest BCUT2D eigenvalue weighted by atomic mass is 16.4. The summed E-state index contributed by atoms with van der Waals surface area (Å²) in [5.41, 5.74) is 0. The number of hydrogen-bond donors (Lipinski definition) is 3. The Kier molecular flexibility index (Phi) is 4.05. The lowest BCUT2D eigenvalue weighted by atomic mass is 10.2. The highest BCUT2D eigenvalue weighted by Crippen LogP contribution is 2.18. The van der Waals surface area contributed by atoms with Crippen LogP contribution in [-0.2, 0) is 9.59 Å². The monoisotopic (exact) mass is 216 g/mol. The molecule has 1 amide bonds. The van der Waals surface area contributed by atoms with E-state index in [0.29, 0.717) is 6.54 Å². The minimum atomic E-state index is -1.05. The first-order chi connectivity index (χ1) is 7.06. The molecular weight excluding hydrogens is 200 g/mol. The number of carboxylic acid groups (broad SMARTS) is 1. The fourth-order valence-corrected chi connectivity index (χ4v) is 1.70. The predicted molar refractivity (Wildman–Crippen MR) is 52.3 cm³/mol. The van der Waals surface area contributed by atoms with Crippen molar-refractivity contribution in [3.8, 4) is 0 Å². The summed E-state index contributed by atoms with van der Waals surface area (Å²) in [7, 11) is 1.72. The molecule has 1 heterocycles. The van der Waals surface area contributed by atoms with Crippen LogP contribution in [0.1, 0.15) is 12.8 Å². The van der Waals surface area contributed by atoms with Crippen molar-refractivity contribution in [2.45, 2.75) is 25.0 Å². The van der Waals surface area contributed by atoms with E-state index < -0.39 is 18.1 Å². The number of aliphatic carboxylic acids is 1. The van der Waals surface area contributed by atoms with Crippen LogP contribution in [0.4, 0.5) is 0 Å². The van der Waals surface area contributed by atoms with Gasteiger partial charge < -0.3 is 20.4 Å². The van der Waals surface area contributed by atoms with Crippen molar-refractivity contribution < 1.29 is 19.8 Å². The molecule has 86 valence electrons. The standard InChI is InChI=1S/C9H16N2O4/c1-10-3-2-8(13)11-5-6(12)4-7(11)9(14)15/h6-7,10,12H,2-5H2,1H3,(H,14,15)/t6-,7-/m0/s1. The largest absolute Gasteiger partial charge is 0.480 e. The number of β-amino-alcohol motifs (C(OH)–C–C–N with tert-alkyl or cyclic N) is 1. The van der Waals surface area contributed by atoms with E-state index >= 15 is 0 Å². The van der Waals surface area contributed by atoms with Crippen LogP contribution < -0.4 is 5.32 Å². The summed E-state index contributed by atoms with van der Waals surface area (Å²) in [5.74, 6) is -1.28. The van der Waals surface area contributed by atoms with Crippen LogP contribution >= 0.6 is 0 Å². The second-order valence-corrected chi connectivity index (χ2v) is 3.64. The van der Waals surface area contributed by atoms with Crippen LogP contribution in [0.5, 0.6) is 0 Å². The highest BCUT2D eigenvalue weighted by Gasteiger charge is 2.38. The van der Waals surface area contributed by atoms with E-state index in [1.807, 2.05) is 0 Å². The number of aliphatic hydroxyl groups excluding tert-OH is 1. The number of rotatable bonds is 4. The van der Waals surface area contributed by atoms with Gasteiger partial charge in [-0.15, -0.1) is 0 Å². The van der Waals surface area contributed by atoms with Gasteiger partial charge in [-0.3, -0.25) is 4.79 Å². The first-order valence-corrected chi connectivity index (χ1v) is 4.91. The third kappa shape index (κ3) is 2.90. The molecule has 0 spiro atoms. The number of hydrogen-bond acceptors (Lipinski definition) is 4. The summed E-state index contributed by atoms with van der Waals surface area (Å²) < 4.78 is 0. The summed E-state index contributed by atoms with van der Waals surface area (Å²) >= 11 is 0. The topological polar surface area (TPSA) is 89.9 Å². The fourth-order valence-electron chi connectivity index (χ4n) is 1.70. The lowest BCUT2D eigenvalue weighted by Crippen LogP contribution is -2.41. The van der Waals surface area contributed by atoms with Gasteiger partial charge in [0.15, 0.2) is 0 Å². The molecule has 6 heteroatoms. The Morgan fingerprint density at radius 3 is 2.73 bits per heavy atom. The molecule has 0 aliphatic carbocycles. The van der Waals surface area contributed by atoms with E-state index in [1.54, 1.807) is 7.05 Å². The van der Waals surface area contributed by atoms with Gasteiger partial charge in [-0.1, -0.05) is 0 Å². The Balaban J connectivity index is 2.58. The maximum atomic E-state index is 11.6. The van der Waals surface area contributed by atoms with Crippen LogP contribution in [0.15, 0.2) is 0 Å². The second kappa shape index (κ2) is 5.09. The Morgan fingerprint density at radius 2 is 2.20 bits per heavy atom. The van der Waals surface area contributed by atoms with Crippen LogP contribution in [0, 0.1) is 0 Å². The fraction of sp³-hybridized carbons (Fsp3) is 0.778. The Labute approximate surface area is 87.9 Å². The molecule has 1 saturated heterocycles. The van der Waals surface area contributed by atoms with E-state index in [0.717, 1.165) is 0 Å². The molecule has 0 aromatic rings. The maximum absolute atomic E-state index is 11.6. The molecule has 0 aromatic carbocycles. The molecule has 6 nitrogen and oxygen atoms in total. The SMILES string of the molecule is CNCCC(=O)N1C[C@@H](O)C[C@H]1C(=O)O. The molecule has 0 saturated carbocycles. The number of amides is 1. The maximum Gasteiger partial charge on any atom is 0.326 e. The zero-order valence-corrected chi connectivity index (χ0v) is 8.64. The smallest absolute Gasteiger partial charge is 0.326 e. The molecule has 1 rings (SSSR count). The van der Waals surface area contributed by atoms with Gasteiger partial charge in [0.25, 0.3) is 0 Å². The average Bonchev–Trinajstić information content (AvgIpc) is 2.57. The number of aliphatic hydroxyl groups is 1. The van der Waals surface area contributed by atoms with Crippen molar-refractivity contribution in [2.75, 3.05) is 20.1 Å². The van der Waals surface area contributed by atoms with Gasteiger partial charge in [0.2, 0.25) is 5.91 Å². The predicted octanol–water partition coefficient (Wildman–Crippen LogP) is -1.36. The lowest BCUT2D eigenvalue weighted by Gasteiger charge is -2.20. The van der Waals surface area contributed by atoms with Gasteiger partial charge in [0, 0.05) is 25.9 Å². The van der Waals surface area contributed by atoms with Crippen LogP contribution in [0.3, 0.4) is 0 Å². The van der Waals surface area contributed by atoms with Gasteiger partial charge in [0.05, 0.1) is 6.10 Å². The van der Waals surface area contributed by atoms with Crippen LogP contribution in [-0.4, -0.2) is 59.3 Å². The van der Waals surface area contributed by atoms with Crippen LogP contribution in [0.25, 0.3) is 0 Å². The van der Waals surface area contributed by atoms with E-state index in [2.05, 4.69) is 5.32 Å². The average molecular weight is 216 g/mol. The van der Waals surface area contributed by atoms with Crippen molar-refractivity contribution in [2.24, 2.45) is 0 Å². The number of carbonyl (C=O) groups is 2. The molecule has 0 unspecified atom stereocenters. The van der Waals surface area contributed by atoms with Gasteiger partial charge in [-0.2, -0.15) is 0 Å². The molecular formula is C9H16N2O4. The number of nitrogens with zero attached hydrogens (tertiary/aromatic N) is 1. The summed E-state index contributed by atoms with van der Waals surface area (Å²) in [6.07, 6.45) is -0.335. The molecule has 0 radical (unpaired) electrons. The Bertz CT molecular complexity index is 256. The molecule has 1 fully saturated rings. The summed E-state index contributed by atoms with van der Waals surface area (Å²) in [6, 6.07) is -0.871. The van der Waals surface area contributed by atoms with Crippen molar-refractivity contribution in [3.05, 3.63) is 0 Å². The summed E-state index contributed by atoms with van der Waals surface area (Å²) in [6.45, 7) is 0.636. The molecule has 15 heavy (non-hydrogen) atoms. The van der Waals surface area contributed by atoms with Crippen molar-refractivity contribution >= 4 is 11.9 Å². The lowest BCUT2D eigenvalue weighted by molar-refractivity contribution is -0.148. The second-order valence-electron chi connectivity index (χ2n) is 3.64. The van der Waals surface area contributed by atoms with Crippen molar-refractivity contribution in [1.82, 2.24) is 10.2 Å². The van der Waals surface area contributed by atoms with E-state index in [4.69, 9.17) is 5.11 Å². The molecule has 1 aliphatic heterocycles. The van der Waals surface area contributed by atoms with Crippen molar-refractivity contribution in [3.63, 3.8) is 0 Å². The Morgan fingerprint density at radius 1 is 1.53 bits per heavy atom. The number of carbonyl (C=O) groups excluding carboxylic acids is 1. The van der Waals surface area contributed by atoms with Gasteiger partial charge in [-0.05, 0) is 7.05 Å². The van der Waals surface area contributed by atoms with Gasteiger partial charge >= 0.3 is 5.97 Å². The molecule has 0 bridgehead atoms. The van der Waals surface area contributed by atoms with E-state index in [-0.39, 0.29) is 25.3 Å².